The monoisotopic (exact) mass is 247 g/mol. The van der Waals surface area contributed by atoms with Crippen LogP contribution in [-0.2, 0) is 0 Å². The quantitative estimate of drug-likeness (QED) is 0.856. The van der Waals surface area contributed by atoms with E-state index in [-0.39, 0.29) is 5.54 Å². The summed E-state index contributed by atoms with van der Waals surface area (Å²) in [5.74, 6) is 1.66. The predicted octanol–water partition coefficient (Wildman–Crippen LogP) is 3.72. The maximum Gasteiger partial charge on any atom is 0.122 e. The lowest BCUT2D eigenvalue weighted by atomic mass is 9.91. The van der Waals surface area contributed by atoms with Crippen LogP contribution in [0.5, 0.6) is 5.75 Å². The van der Waals surface area contributed by atoms with Gasteiger partial charge in [0.2, 0.25) is 0 Å². The van der Waals surface area contributed by atoms with Gasteiger partial charge in [-0.25, -0.2) is 0 Å². The van der Waals surface area contributed by atoms with E-state index in [1.807, 2.05) is 0 Å². The van der Waals surface area contributed by atoms with Gasteiger partial charge in [0.15, 0.2) is 0 Å². The summed E-state index contributed by atoms with van der Waals surface area (Å²) in [6.07, 6.45) is 3.56. The number of nitrogens with one attached hydrogen (secondary N) is 1. The van der Waals surface area contributed by atoms with E-state index >= 15 is 0 Å². The molecule has 2 heteroatoms. The van der Waals surface area contributed by atoms with Crippen LogP contribution >= 0.6 is 0 Å². The van der Waals surface area contributed by atoms with Crippen LogP contribution < -0.4 is 10.1 Å². The van der Waals surface area contributed by atoms with Gasteiger partial charge in [0.05, 0.1) is 6.61 Å². The molecule has 0 saturated carbocycles. The molecule has 1 N–H and O–H groups in total. The van der Waals surface area contributed by atoms with E-state index in [2.05, 4.69) is 50.4 Å². The molecule has 1 aliphatic heterocycles. The Labute approximate surface area is 111 Å². The summed E-state index contributed by atoms with van der Waals surface area (Å²) in [6, 6.07) is 8.44. The molecule has 0 radical (unpaired) electrons. The van der Waals surface area contributed by atoms with Crippen molar-refractivity contribution < 1.29 is 4.74 Å². The SMILES string of the molecule is CCCC(C)(C)NCC1CCOc2ccccc21. The van der Waals surface area contributed by atoms with Crippen LogP contribution in [0.25, 0.3) is 0 Å². The lowest BCUT2D eigenvalue weighted by Gasteiger charge is -2.31. The highest BCUT2D eigenvalue weighted by molar-refractivity contribution is 5.37. The van der Waals surface area contributed by atoms with Crippen molar-refractivity contribution in [2.24, 2.45) is 0 Å². The summed E-state index contributed by atoms with van der Waals surface area (Å²) in [7, 11) is 0. The lowest BCUT2D eigenvalue weighted by Crippen LogP contribution is -2.42. The van der Waals surface area contributed by atoms with Gasteiger partial charge in [0, 0.05) is 18.0 Å². The van der Waals surface area contributed by atoms with Crippen molar-refractivity contribution in [2.75, 3.05) is 13.2 Å². The standard InChI is InChI=1S/C16H25NO/c1-4-10-16(2,3)17-12-13-9-11-18-15-8-6-5-7-14(13)15/h5-8,13,17H,4,9-12H2,1-3H3. The smallest absolute Gasteiger partial charge is 0.122 e. The molecule has 0 aliphatic carbocycles. The second-order valence-electron chi connectivity index (χ2n) is 5.89. The Morgan fingerprint density at radius 3 is 2.89 bits per heavy atom. The molecule has 100 valence electrons. The minimum Gasteiger partial charge on any atom is -0.493 e. The van der Waals surface area contributed by atoms with Gasteiger partial charge in [-0.15, -0.1) is 0 Å². The molecule has 0 saturated heterocycles. The number of hydrogen-bond acceptors (Lipinski definition) is 2. The summed E-state index contributed by atoms with van der Waals surface area (Å²) in [6.45, 7) is 8.72. The summed E-state index contributed by atoms with van der Waals surface area (Å²) < 4.78 is 5.71. The Morgan fingerprint density at radius 2 is 2.11 bits per heavy atom. The Morgan fingerprint density at radius 1 is 1.33 bits per heavy atom. The molecule has 18 heavy (non-hydrogen) atoms. The van der Waals surface area contributed by atoms with Crippen LogP contribution in [0.3, 0.4) is 0 Å². The van der Waals surface area contributed by atoms with E-state index < -0.39 is 0 Å². The third kappa shape index (κ3) is 3.26. The Kier molecular flexibility index (Phi) is 4.28. The van der Waals surface area contributed by atoms with Crippen molar-refractivity contribution in [2.45, 2.75) is 51.5 Å². The zero-order valence-corrected chi connectivity index (χ0v) is 11.8. The summed E-state index contributed by atoms with van der Waals surface area (Å²) in [5.41, 5.74) is 1.60. The fourth-order valence-corrected chi connectivity index (χ4v) is 2.74. The number of benzene rings is 1. The molecule has 0 aromatic heterocycles. The largest absolute Gasteiger partial charge is 0.493 e. The normalized spacial score (nSPS) is 19.2. The van der Waals surface area contributed by atoms with E-state index in [9.17, 15) is 0 Å². The topological polar surface area (TPSA) is 21.3 Å². The predicted molar refractivity (Wildman–Crippen MR) is 76.3 cm³/mol. The first kappa shape index (κ1) is 13.4. The second kappa shape index (κ2) is 5.75. The maximum absolute atomic E-state index is 5.71. The van der Waals surface area contributed by atoms with Crippen LogP contribution in [-0.4, -0.2) is 18.7 Å². The Hall–Kier alpha value is -1.02. The number of hydrogen-bond donors (Lipinski definition) is 1. The third-order valence-electron chi connectivity index (χ3n) is 3.78. The number of fused-ring (bicyclic) bond motifs is 1. The maximum atomic E-state index is 5.71. The summed E-state index contributed by atoms with van der Waals surface area (Å²) in [5, 5.41) is 3.71. The molecule has 0 fully saturated rings. The van der Waals surface area contributed by atoms with Gasteiger partial charge in [0.1, 0.15) is 5.75 Å². The molecule has 0 amide bonds. The van der Waals surface area contributed by atoms with Gasteiger partial charge in [-0.2, -0.15) is 0 Å². The van der Waals surface area contributed by atoms with E-state index in [1.165, 1.54) is 18.4 Å². The lowest BCUT2D eigenvalue weighted by molar-refractivity contribution is 0.253. The fraction of sp³-hybridized carbons (Fsp3) is 0.625. The van der Waals surface area contributed by atoms with E-state index in [4.69, 9.17) is 4.74 Å². The number of para-hydroxylation sites is 1. The van der Waals surface area contributed by atoms with Gasteiger partial charge >= 0.3 is 0 Å². The minimum atomic E-state index is 0.238. The highest BCUT2D eigenvalue weighted by Crippen LogP contribution is 2.33. The van der Waals surface area contributed by atoms with Crippen molar-refractivity contribution in [1.82, 2.24) is 5.32 Å². The van der Waals surface area contributed by atoms with Crippen molar-refractivity contribution >= 4 is 0 Å². The van der Waals surface area contributed by atoms with Gasteiger partial charge in [-0.1, -0.05) is 31.5 Å². The van der Waals surface area contributed by atoms with Crippen LogP contribution in [0, 0.1) is 0 Å². The number of ether oxygens (including phenoxy) is 1. The average Bonchev–Trinajstić information content (AvgIpc) is 2.36. The van der Waals surface area contributed by atoms with Crippen molar-refractivity contribution in [3.8, 4) is 5.75 Å². The summed E-state index contributed by atoms with van der Waals surface area (Å²) >= 11 is 0. The zero-order chi connectivity index (χ0) is 13.0. The first-order valence-electron chi connectivity index (χ1n) is 7.09. The molecule has 1 aliphatic rings. The Bertz CT molecular complexity index is 386. The molecule has 1 heterocycles. The van der Waals surface area contributed by atoms with E-state index in [0.717, 1.165) is 25.3 Å². The fourth-order valence-electron chi connectivity index (χ4n) is 2.74. The van der Waals surface area contributed by atoms with E-state index in [0.29, 0.717) is 5.92 Å². The van der Waals surface area contributed by atoms with Crippen molar-refractivity contribution in [3.63, 3.8) is 0 Å². The molecule has 1 atom stereocenters. The molecule has 0 spiro atoms. The van der Waals surface area contributed by atoms with Gasteiger partial charge < -0.3 is 10.1 Å². The Balaban J connectivity index is 1.99. The average molecular weight is 247 g/mol. The van der Waals surface area contributed by atoms with Gasteiger partial charge in [-0.05, 0) is 38.3 Å². The zero-order valence-electron chi connectivity index (χ0n) is 11.8. The molecule has 2 nitrogen and oxygen atoms in total. The van der Waals surface area contributed by atoms with Crippen molar-refractivity contribution in [1.29, 1.82) is 0 Å². The first-order valence-corrected chi connectivity index (χ1v) is 7.09. The molecule has 2 rings (SSSR count). The van der Waals surface area contributed by atoms with Crippen LogP contribution in [0.1, 0.15) is 51.5 Å². The molecule has 1 unspecified atom stereocenters. The highest BCUT2D eigenvalue weighted by atomic mass is 16.5. The molecule has 1 aromatic rings. The van der Waals surface area contributed by atoms with Gasteiger partial charge in [0.25, 0.3) is 0 Å². The minimum absolute atomic E-state index is 0.238. The molecule has 1 aromatic carbocycles. The first-order chi connectivity index (χ1) is 8.62. The highest BCUT2D eigenvalue weighted by Gasteiger charge is 2.23. The second-order valence-corrected chi connectivity index (χ2v) is 5.89. The number of rotatable bonds is 5. The van der Waals surface area contributed by atoms with Crippen molar-refractivity contribution in [3.05, 3.63) is 29.8 Å². The van der Waals surface area contributed by atoms with Crippen LogP contribution in [0.15, 0.2) is 24.3 Å². The van der Waals surface area contributed by atoms with Gasteiger partial charge in [-0.3, -0.25) is 0 Å². The van der Waals surface area contributed by atoms with Crippen LogP contribution in [0.2, 0.25) is 0 Å². The summed E-state index contributed by atoms with van der Waals surface area (Å²) in [4.78, 5) is 0. The van der Waals surface area contributed by atoms with E-state index in [1.54, 1.807) is 0 Å². The molecular weight excluding hydrogens is 222 g/mol. The third-order valence-corrected chi connectivity index (χ3v) is 3.78. The molecule has 0 bridgehead atoms. The van der Waals surface area contributed by atoms with Crippen LogP contribution in [0.4, 0.5) is 0 Å². The molecular formula is C16H25NO.